The van der Waals surface area contributed by atoms with Crippen LogP contribution in [0.1, 0.15) is 31.2 Å². The average molecular weight is 428 g/mol. The number of hydrogen-bond donors (Lipinski definition) is 1. The predicted octanol–water partition coefficient (Wildman–Crippen LogP) is 6.85. The van der Waals surface area contributed by atoms with E-state index >= 15 is 0 Å². The lowest BCUT2D eigenvalue weighted by atomic mass is 9.98. The fourth-order valence-corrected chi connectivity index (χ4v) is 4.21. The minimum atomic E-state index is -0.660. The molecule has 4 rings (SSSR count). The molecule has 1 saturated heterocycles. The van der Waals surface area contributed by atoms with E-state index in [1.165, 1.54) is 0 Å². The quantitative estimate of drug-likeness (QED) is 0.316. The number of carboxylic acids is 1. The van der Waals surface area contributed by atoms with Crippen LogP contribution in [0.25, 0.3) is 16.8 Å². The van der Waals surface area contributed by atoms with E-state index in [2.05, 4.69) is 51.5 Å². The lowest BCUT2D eigenvalue weighted by Crippen LogP contribution is -2.39. The number of piperidine rings is 1. The van der Waals surface area contributed by atoms with Crippen LogP contribution in [0.15, 0.2) is 83.0 Å². The molecule has 1 heterocycles. The number of carboxylic acid groups (broad SMARTS) is 1. The Kier molecular flexibility index (Phi) is 7.41. The Morgan fingerprint density at radius 3 is 2.81 bits per heavy atom. The molecule has 3 aromatic carbocycles. The van der Waals surface area contributed by atoms with E-state index in [0.717, 1.165) is 66.5 Å². The summed E-state index contributed by atoms with van der Waals surface area (Å²) in [6, 6.07) is 22.3. The van der Waals surface area contributed by atoms with Gasteiger partial charge in [-0.15, -0.1) is 5.11 Å². The third kappa shape index (κ3) is 5.89. The van der Waals surface area contributed by atoms with Crippen LogP contribution in [0, 0.1) is 5.92 Å². The normalized spacial score (nSPS) is 17.4. The van der Waals surface area contributed by atoms with Crippen molar-refractivity contribution in [1.82, 2.24) is 4.90 Å². The number of allylic oxidation sites excluding steroid dienone is 1. The van der Waals surface area contributed by atoms with Gasteiger partial charge in [-0.1, -0.05) is 60.7 Å². The summed E-state index contributed by atoms with van der Waals surface area (Å²) in [6.45, 7) is 2.65. The standard InChI is InChI=1S/C27H29N3O2/c31-27(32)23-13-8-18-30(20-23)17-5-1-2-9-21-10-6-14-24(19-21)28-29-26-16-7-12-22-11-3-4-15-25(22)26/h2-4,6-7,9-12,14-16,19,23H,1,5,8,13,17-18,20H2,(H,31,32)/b9-2+,29-28?. The van der Waals surface area contributed by atoms with Crippen LogP contribution in [0.4, 0.5) is 11.4 Å². The molecule has 1 atom stereocenters. The first-order chi connectivity index (χ1) is 15.7. The van der Waals surface area contributed by atoms with E-state index < -0.39 is 5.97 Å². The summed E-state index contributed by atoms with van der Waals surface area (Å²) in [6.07, 6.45) is 8.08. The summed E-state index contributed by atoms with van der Waals surface area (Å²) in [4.78, 5) is 13.5. The maximum absolute atomic E-state index is 11.2. The van der Waals surface area contributed by atoms with Gasteiger partial charge in [-0.05, 0) is 67.9 Å². The summed E-state index contributed by atoms with van der Waals surface area (Å²) in [7, 11) is 0. The molecular formula is C27H29N3O2. The van der Waals surface area contributed by atoms with Crippen molar-refractivity contribution in [2.45, 2.75) is 25.7 Å². The molecule has 32 heavy (non-hydrogen) atoms. The molecule has 0 saturated carbocycles. The van der Waals surface area contributed by atoms with E-state index in [-0.39, 0.29) is 5.92 Å². The highest BCUT2D eigenvalue weighted by molar-refractivity contribution is 5.92. The van der Waals surface area contributed by atoms with Crippen LogP contribution in [-0.2, 0) is 4.79 Å². The van der Waals surface area contributed by atoms with Crippen LogP contribution >= 0.6 is 0 Å². The highest BCUT2D eigenvalue weighted by atomic mass is 16.4. The molecular weight excluding hydrogens is 398 g/mol. The molecule has 5 heteroatoms. The molecule has 1 fully saturated rings. The fraction of sp³-hybridized carbons (Fsp3) is 0.296. The highest BCUT2D eigenvalue weighted by Gasteiger charge is 2.24. The zero-order chi connectivity index (χ0) is 22.2. The Balaban J connectivity index is 1.30. The molecule has 3 aromatic rings. The van der Waals surface area contributed by atoms with Crippen molar-refractivity contribution in [3.63, 3.8) is 0 Å². The molecule has 0 radical (unpaired) electrons. The maximum Gasteiger partial charge on any atom is 0.307 e. The number of fused-ring (bicyclic) bond motifs is 1. The number of benzene rings is 3. The second-order valence-electron chi connectivity index (χ2n) is 8.32. The third-order valence-electron chi connectivity index (χ3n) is 5.92. The molecule has 0 spiro atoms. The van der Waals surface area contributed by atoms with Crippen molar-refractivity contribution < 1.29 is 9.90 Å². The molecule has 0 amide bonds. The lowest BCUT2D eigenvalue weighted by molar-refractivity contribution is -0.143. The van der Waals surface area contributed by atoms with Crippen molar-refractivity contribution in [3.8, 4) is 0 Å². The first-order valence-corrected chi connectivity index (χ1v) is 11.3. The molecule has 1 aliphatic heterocycles. The third-order valence-corrected chi connectivity index (χ3v) is 5.92. The molecule has 1 unspecified atom stereocenters. The van der Waals surface area contributed by atoms with Crippen molar-refractivity contribution in [3.05, 3.63) is 78.4 Å². The van der Waals surface area contributed by atoms with E-state index in [4.69, 9.17) is 0 Å². The molecule has 0 aliphatic carbocycles. The van der Waals surface area contributed by atoms with E-state index in [1.807, 2.05) is 42.5 Å². The van der Waals surface area contributed by atoms with Crippen molar-refractivity contribution >= 4 is 34.2 Å². The van der Waals surface area contributed by atoms with Gasteiger partial charge >= 0.3 is 5.97 Å². The number of aliphatic carboxylic acids is 1. The van der Waals surface area contributed by atoms with Crippen molar-refractivity contribution in [2.75, 3.05) is 19.6 Å². The van der Waals surface area contributed by atoms with Crippen LogP contribution in [-0.4, -0.2) is 35.6 Å². The van der Waals surface area contributed by atoms with Gasteiger partial charge in [-0.3, -0.25) is 4.79 Å². The van der Waals surface area contributed by atoms with Gasteiger partial charge in [0, 0.05) is 11.9 Å². The monoisotopic (exact) mass is 427 g/mol. The Morgan fingerprint density at radius 2 is 1.91 bits per heavy atom. The zero-order valence-corrected chi connectivity index (χ0v) is 18.2. The molecule has 1 aliphatic rings. The molecule has 0 aromatic heterocycles. The van der Waals surface area contributed by atoms with Crippen molar-refractivity contribution in [1.29, 1.82) is 0 Å². The van der Waals surface area contributed by atoms with Gasteiger partial charge in [0.15, 0.2) is 0 Å². The Labute approximate surface area is 189 Å². The number of rotatable bonds is 8. The number of nitrogens with zero attached hydrogens (tertiary/aromatic N) is 3. The van der Waals surface area contributed by atoms with Gasteiger partial charge in [-0.25, -0.2) is 0 Å². The summed E-state index contributed by atoms with van der Waals surface area (Å²) in [5.41, 5.74) is 2.79. The largest absolute Gasteiger partial charge is 0.481 e. The smallest absolute Gasteiger partial charge is 0.307 e. The molecule has 5 nitrogen and oxygen atoms in total. The average Bonchev–Trinajstić information content (AvgIpc) is 2.83. The van der Waals surface area contributed by atoms with Gasteiger partial charge in [0.25, 0.3) is 0 Å². The summed E-state index contributed by atoms with van der Waals surface area (Å²) < 4.78 is 0. The van der Waals surface area contributed by atoms with Crippen LogP contribution < -0.4 is 0 Å². The van der Waals surface area contributed by atoms with Crippen LogP contribution in [0.3, 0.4) is 0 Å². The summed E-state index contributed by atoms with van der Waals surface area (Å²) in [5, 5.41) is 20.4. The van der Waals surface area contributed by atoms with Gasteiger partial charge in [-0.2, -0.15) is 5.11 Å². The van der Waals surface area contributed by atoms with Gasteiger partial charge < -0.3 is 10.0 Å². The van der Waals surface area contributed by atoms with E-state index in [1.54, 1.807) is 0 Å². The zero-order valence-electron chi connectivity index (χ0n) is 18.2. The van der Waals surface area contributed by atoms with E-state index in [9.17, 15) is 9.90 Å². The predicted molar refractivity (Wildman–Crippen MR) is 130 cm³/mol. The molecule has 1 N–H and O–H groups in total. The number of carbonyl (C=O) groups is 1. The van der Waals surface area contributed by atoms with Crippen LogP contribution in [0.5, 0.6) is 0 Å². The fourth-order valence-electron chi connectivity index (χ4n) is 4.21. The van der Waals surface area contributed by atoms with Crippen molar-refractivity contribution in [2.24, 2.45) is 16.1 Å². The molecule has 164 valence electrons. The summed E-state index contributed by atoms with van der Waals surface area (Å²) >= 11 is 0. The first-order valence-electron chi connectivity index (χ1n) is 11.3. The summed E-state index contributed by atoms with van der Waals surface area (Å²) in [5.74, 6) is -0.864. The lowest BCUT2D eigenvalue weighted by Gasteiger charge is -2.30. The number of azo groups is 1. The topological polar surface area (TPSA) is 65.3 Å². The van der Waals surface area contributed by atoms with E-state index in [0.29, 0.717) is 6.54 Å². The maximum atomic E-state index is 11.2. The van der Waals surface area contributed by atoms with Gasteiger partial charge in [0.05, 0.1) is 17.3 Å². The SMILES string of the molecule is O=C(O)C1CCCN(CCC/C=C/c2cccc(N=Nc3cccc4ccccc34)c2)C1. The Hall–Kier alpha value is -3.31. The second-order valence-corrected chi connectivity index (χ2v) is 8.32. The second kappa shape index (κ2) is 10.8. The highest BCUT2D eigenvalue weighted by Crippen LogP contribution is 2.27. The Morgan fingerprint density at radius 1 is 1.06 bits per heavy atom. The number of unbranched alkanes of at least 4 members (excludes halogenated alkanes) is 1. The Bertz CT molecular complexity index is 1120. The van der Waals surface area contributed by atoms with Gasteiger partial charge in [0.1, 0.15) is 0 Å². The minimum absolute atomic E-state index is 0.204. The van der Waals surface area contributed by atoms with Gasteiger partial charge in [0.2, 0.25) is 0 Å². The minimum Gasteiger partial charge on any atom is -0.481 e. The number of likely N-dealkylation sites (tertiary alicyclic amines) is 1. The molecule has 0 bridgehead atoms. The first kappa shape index (κ1) is 21.9. The van der Waals surface area contributed by atoms with Crippen LogP contribution in [0.2, 0.25) is 0 Å². The number of hydrogen-bond acceptors (Lipinski definition) is 4.